The predicted molar refractivity (Wildman–Crippen MR) is 90.1 cm³/mol. The van der Waals surface area contributed by atoms with E-state index in [0.717, 1.165) is 23.4 Å². The molecule has 2 aromatic carbocycles. The van der Waals surface area contributed by atoms with Crippen LogP contribution in [-0.2, 0) is 0 Å². The second kappa shape index (κ2) is 6.33. The first kappa shape index (κ1) is 14.2. The minimum atomic E-state index is 0.314. The second-order valence-electron chi connectivity index (χ2n) is 5.21. The Morgan fingerprint density at radius 2 is 1.86 bits per heavy atom. The highest BCUT2D eigenvalue weighted by Crippen LogP contribution is 2.30. The third kappa shape index (κ3) is 2.82. The van der Waals surface area contributed by atoms with E-state index in [1.54, 1.807) is 0 Å². The molecule has 0 amide bonds. The maximum Gasteiger partial charge on any atom is 0.0598 e. The van der Waals surface area contributed by atoms with Crippen molar-refractivity contribution in [1.29, 1.82) is 0 Å². The van der Waals surface area contributed by atoms with Crippen LogP contribution in [0.25, 0.3) is 10.9 Å². The van der Waals surface area contributed by atoms with Crippen molar-refractivity contribution < 1.29 is 0 Å². The molecule has 1 atom stereocenters. The lowest BCUT2D eigenvalue weighted by Gasteiger charge is -2.21. The van der Waals surface area contributed by atoms with Crippen LogP contribution in [0.4, 0.5) is 0 Å². The number of aromatic nitrogens is 1. The van der Waals surface area contributed by atoms with Gasteiger partial charge in [-0.1, -0.05) is 48.0 Å². The largest absolute Gasteiger partial charge is 0.340 e. The van der Waals surface area contributed by atoms with Gasteiger partial charge in [0.15, 0.2) is 0 Å². The first-order chi connectivity index (χ1) is 10.3. The quantitative estimate of drug-likeness (QED) is 0.734. The van der Waals surface area contributed by atoms with Gasteiger partial charge in [0.2, 0.25) is 0 Å². The standard InChI is InChI=1S/C18H19ClN2/c1-20-12-10-17(14-6-3-2-4-7-14)21-13-11-15-16(19)8-5-9-18(15)21/h2-9,11,13,17,20H,10,12H2,1H3. The number of fused-ring (bicyclic) bond motifs is 1. The maximum absolute atomic E-state index is 6.30. The third-order valence-corrected chi connectivity index (χ3v) is 4.23. The molecule has 1 heterocycles. The second-order valence-corrected chi connectivity index (χ2v) is 5.62. The maximum atomic E-state index is 6.30. The number of nitrogens with one attached hydrogen (secondary N) is 1. The fourth-order valence-corrected chi connectivity index (χ4v) is 3.08. The smallest absolute Gasteiger partial charge is 0.0598 e. The van der Waals surface area contributed by atoms with Crippen LogP contribution >= 0.6 is 11.6 Å². The molecule has 1 N–H and O–H groups in total. The van der Waals surface area contributed by atoms with E-state index in [0.29, 0.717) is 6.04 Å². The number of hydrogen-bond acceptors (Lipinski definition) is 1. The van der Waals surface area contributed by atoms with Gasteiger partial charge in [-0.15, -0.1) is 0 Å². The van der Waals surface area contributed by atoms with Crippen molar-refractivity contribution in [2.75, 3.05) is 13.6 Å². The molecule has 3 aromatic rings. The van der Waals surface area contributed by atoms with Crippen molar-refractivity contribution in [2.24, 2.45) is 0 Å². The Morgan fingerprint density at radius 3 is 2.62 bits per heavy atom. The number of rotatable bonds is 5. The molecule has 0 saturated heterocycles. The summed E-state index contributed by atoms with van der Waals surface area (Å²) in [5.74, 6) is 0. The molecule has 3 rings (SSSR count). The molecule has 3 heteroatoms. The molecule has 1 aromatic heterocycles. The summed E-state index contributed by atoms with van der Waals surface area (Å²) >= 11 is 6.30. The van der Waals surface area contributed by atoms with E-state index in [1.807, 2.05) is 19.2 Å². The highest BCUT2D eigenvalue weighted by Gasteiger charge is 2.15. The summed E-state index contributed by atoms with van der Waals surface area (Å²) in [6.45, 7) is 0.972. The van der Waals surface area contributed by atoms with E-state index < -0.39 is 0 Å². The van der Waals surface area contributed by atoms with Crippen LogP contribution in [0.1, 0.15) is 18.0 Å². The normalized spacial score (nSPS) is 12.7. The van der Waals surface area contributed by atoms with E-state index in [1.165, 1.54) is 11.1 Å². The molecule has 0 aliphatic heterocycles. The van der Waals surface area contributed by atoms with Gasteiger partial charge in [-0.2, -0.15) is 0 Å². The molecule has 2 nitrogen and oxygen atoms in total. The van der Waals surface area contributed by atoms with Crippen molar-refractivity contribution >= 4 is 22.5 Å². The SMILES string of the molecule is CNCCC(c1ccccc1)n1ccc2c(Cl)cccc21. The Labute approximate surface area is 130 Å². The number of benzene rings is 2. The summed E-state index contributed by atoms with van der Waals surface area (Å²) in [6, 6.07) is 19.1. The average Bonchev–Trinajstić information content (AvgIpc) is 2.94. The fourth-order valence-electron chi connectivity index (χ4n) is 2.85. The van der Waals surface area contributed by atoms with Crippen LogP contribution in [0.5, 0.6) is 0 Å². The summed E-state index contributed by atoms with van der Waals surface area (Å²) in [7, 11) is 1.99. The summed E-state index contributed by atoms with van der Waals surface area (Å²) in [4.78, 5) is 0. The van der Waals surface area contributed by atoms with Gasteiger partial charge >= 0.3 is 0 Å². The predicted octanol–water partition coefficient (Wildman–Crippen LogP) is 4.49. The number of hydrogen-bond donors (Lipinski definition) is 1. The third-order valence-electron chi connectivity index (χ3n) is 3.90. The highest BCUT2D eigenvalue weighted by molar-refractivity contribution is 6.35. The van der Waals surface area contributed by atoms with Gasteiger partial charge in [-0.25, -0.2) is 0 Å². The summed E-state index contributed by atoms with van der Waals surface area (Å²) < 4.78 is 2.33. The van der Waals surface area contributed by atoms with Gasteiger partial charge in [0.25, 0.3) is 0 Å². The molecule has 21 heavy (non-hydrogen) atoms. The molecule has 0 radical (unpaired) electrons. The van der Waals surface area contributed by atoms with Crippen LogP contribution in [0.3, 0.4) is 0 Å². The van der Waals surface area contributed by atoms with Crippen molar-refractivity contribution in [3.63, 3.8) is 0 Å². The lowest BCUT2D eigenvalue weighted by molar-refractivity contribution is 0.539. The molecule has 1 unspecified atom stereocenters. The van der Waals surface area contributed by atoms with E-state index in [4.69, 9.17) is 11.6 Å². The minimum Gasteiger partial charge on any atom is -0.340 e. The first-order valence-electron chi connectivity index (χ1n) is 7.26. The van der Waals surface area contributed by atoms with Gasteiger partial charge in [0.1, 0.15) is 0 Å². The summed E-state index contributed by atoms with van der Waals surface area (Å²) in [5.41, 5.74) is 2.51. The molecular weight excluding hydrogens is 280 g/mol. The lowest BCUT2D eigenvalue weighted by atomic mass is 10.0. The van der Waals surface area contributed by atoms with Crippen LogP contribution < -0.4 is 5.32 Å². The lowest BCUT2D eigenvalue weighted by Crippen LogP contribution is -2.17. The van der Waals surface area contributed by atoms with Gasteiger partial charge in [-0.3, -0.25) is 0 Å². The molecule has 0 spiro atoms. The zero-order chi connectivity index (χ0) is 14.7. The van der Waals surface area contributed by atoms with E-state index >= 15 is 0 Å². The summed E-state index contributed by atoms with van der Waals surface area (Å²) in [5, 5.41) is 5.18. The van der Waals surface area contributed by atoms with Gasteiger partial charge < -0.3 is 9.88 Å². The Hall–Kier alpha value is -1.77. The molecular formula is C18H19ClN2. The van der Waals surface area contributed by atoms with Gasteiger partial charge in [0, 0.05) is 16.6 Å². The molecule has 0 fully saturated rings. The number of halogens is 1. The topological polar surface area (TPSA) is 17.0 Å². The monoisotopic (exact) mass is 298 g/mol. The van der Waals surface area contributed by atoms with Crippen LogP contribution in [-0.4, -0.2) is 18.2 Å². The van der Waals surface area contributed by atoms with Gasteiger partial charge in [-0.05, 0) is 43.8 Å². The highest BCUT2D eigenvalue weighted by atomic mass is 35.5. The molecule has 108 valence electrons. The average molecular weight is 299 g/mol. The van der Waals surface area contributed by atoms with E-state index in [9.17, 15) is 0 Å². The molecule has 0 saturated carbocycles. The van der Waals surface area contributed by atoms with E-state index in [2.05, 4.69) is 58.5 Å². The summed E-state index contributed by atoms with van der Waals surface area (Å²) in [6.07, 6.45) is 3.18. The Balaban J connectivity index is 2.08. The van der Waals surface area contributed by atoms with Crippen molar-refractivity contribution in [1.82, 2.24) is 9.88 Å². The van der Waals surface area contributed by atoms with Crippen molar-refractivity contribution in [3.05, 3.63) is 71.4 Å². The fraction of sp³-hybridized carbons (Fsp3) is 0.222. The Morgan fingerprint density at radius 1 is 1.05 bits per heavy atom. The molecule has 0 aliphatic rings. The van der Waals surface area contributed by atoms with Crippen LogP contribution in [0.2, 0.25) is 5.02 Å². The van der Waals surface area contributed by atoms with Crippen molar-refractivity contribution in [2.45, 2.75) is 12.5 Å². The first-order valence-corrected chi connectivity index (χ1v) is 7.63. The number of nitrogens with zero attached hydrogens (tertiary/aromatic N) is 1. The zero-order valence-electron chi connectivity index (χ0n) is 12.1. The Kier molecular flexibility index (Phi) is 4.28. The zero-order valence-corrected chi connectivity index (χ0v) is 12.8. The van der Waals surface area contributed by atoms with Crippen molar-refractivity contribution in [3.8, 4) is 0 Å². The Bertz CT molecular complexity index is 718. The molecule has 0 bridgehead atoms. The van der Waals surface area contributed by atoms with Crippen LogP contribution in [0.15, 0.2) is 60.8 Å². The molecule has 0 aliphatic carbocycles. The van der Waals surface area contributed by atoms with Gasteiger partial charge in [0.05, 0.1) is 11.6 Å². The van der Waals surface area contributed by atoms with E-state index in [-0.39, 0.29) is 0 Å². The van der Waals surface area contributed by atoms with Crippen LogP contribution in [0, 0.1) is 0 Å². The minimum absolute atomic E-state index is 0.314.